The summed E-state index contributed by atoms with van der Waals surface area (Å²) in [5.41, 5.74) is 10.1. The van der Waals surface area contributed by atoms with E-state index in [1.54, 1.807) is 13.1 Å². The van der Waals surface area contributed by atoms with E-state index >= 15 is 0 Å². The molecule has 2 aliphatic rings. The molecule has 0 radical (unpaired) electrons. The van der Waals surface area contributed by atoms with E-state index in [2.05, 4.69) is 12.1 Å². The lowest BCUT2D eigenvalue weighted by atomic mass is 9.92. The van der Waals surface area contributed by atoms with Gasteiger partial charge in [0, 0.05) is 24.3 Å². The van der Waals surface area contributed by atoms with E-state index in [-0.39, 0.29) is 9.64 Å². The van der Waals surface area contributed by atoms with Crippen molar-refractivity contribution < 1.29 is 13.2 Å². The van der Waals surface area contributed by atoms with Gasteiger partial charge in [0.1, 0.15) is 24.2 Å². The van der Waals surface area contributed by atoms with Crippen molar-refractivity contribution in [2.45, 2.75) is 32.6 Å². The number of sulfonamides is 1. The number of nitrogens with two attached hydrogens (primary N) is 1. The van der Waals surface area contributed by atoms with Crippen molar-refractivity contribution in [2.24, 2.45) is 5.73 Å². The van der Waals surface area contributed by atoms with Gasteiger partial charge in [0.15, 0.2) is 5.69 Å². The van der Waals surface area contributed by atoms with Crippen molar-refractivity contribution in [1.29, 1.82) is 0 Å². The Kier molecular flexibility index (Phi) is 5.82. The van der Waals surface area contributed by atoms with Crippen molar-refractivity contribution in [3.05, 3.63) is 77.5 Å². The van der Waals surface area contributed by atoms with E-state index in [1.807, 2.05) is 42.5 Å². The number of nitrogens with zero attached hydrogens (tertiary/aromatic N) is 1. The van der Waals surface area contributed by atoms with Crippen molar-refractivity contribution in [2.75, 3.05) is 18.8 Å². The highest BCUT2D eigenvalue weighted by Crippen LogP contribution is 2.35. The molecule has 5 nitrogen and oxygen atoms in total. The van der Waals surface area contributed by atoms with Crippen LogP contribution in [0.2, 0.25) is 0 Å². The fourth-order valence-electron chi connectivity index (χ4n) is 4.29. The Morgan fingerprint density at radius 2 is 1.70 bits per heavy atom. The Morgan fingerprint density at radius 1 is 1.00 bits per heavy atom. The van der Waals surface area contributed by atoms with Gasteiger partial charge >= 0.3 is 10.0 Å². The summed E-state index contributed by atoms with van der Waals surface area (Å²) in [6.45, 7) is 2.33. The SMILES string of the molecule is CCS(=O)(=O)[N+]1(c2ccc(Oc3ccc4c(c3)CCCC4)cc2)C=C(CN)C=CC1. The molecule has 158 valence electrons. The highest BCUT2D eigenvalue weighted by Gasteiger charge is 2.42. The smallest absolute Gasteiger partial charge is 0.306 e. The minimum absolute atomic E-state index is 0.0442. The van der Waals surface area contributed by atoms with Crippen LogP contribution in [0.25, 0.3) is 0 Å². The molecule has 2 aromatic carbocycles. The van der Waals surface area contributed by atoms with Gasteiger partial charge in [-0.1, -0.05) is 12.1 Å². The predicted octanol–water partition coefficient (Wildman–Crippen LogP) is 4.43. The quantitative estimate of drug-likeness (QED) is 0.695. The number of ether oxygens (including phenoxy) is 1. The molecule has 6 heteroatoms. The summed E-state index contributed by atoms with van der Waals surface area (Å²) in [6.07, 6.45) is 10.3. The van der Waals surface area contributed by atoms with Crippen LogP contribution in [-0.4, -0.2) is 27.3 Å². The highest BCUT2D eigenvalue weighted by molar-refractivity contribution is 7.91. The number of hydrogen-bond acceptors (Lipinski definition) is 4. The average Bonchev–Trinajstić information content (AvgIpc) is 2.79. The molecular weight excluding hydrogens is 396 g/mol. The summed E-state index contributed by atoms with van der Waals surface area (Å²) in [7, 11) is -3.45. The predicted molar refractivity (Wildman–Crippen MR) is 122 cm³/mol. The maximum absolute atomic E-state index is 13.1. The minimum Gasteiger partial charge on any atom is -0.457 e. The van der Waals surface area contributed by atoms with Crippen molar-refractivity contribution >= 4 is 15.7 Å². The Balaban J connectivity index is 1.63. The van der Waals surface area contributed by atoms with Gasteiger partial charge in [0.25, 0.3) is 0 Å². The first-order valence-corrected chi connectivity index (χ1v) is 12.2. The highest BCUT2D eigenvalue weighted by atomic mass is 32.2. The third-order valence-electron chi connectivity index (χ3n) is 6.01. The van der Waals surface area contributed by atoms with Gasteiger partial charge in [0.05, 0.1) is 5.75 Å². The van der Waals surface area contributed by atoms with Crippen LogP contribution in [0.1, 0.15) is 30.9 Å². The zero-order chi connectivity index (χ0) is 21.2. The fraction of sp³-hybridized carbons (Fsp3) is 0.333. The molecule has 1 aliphatic heterocycles. The minimum atomic E-state index is -3.45. The lowest BCUT2D eigenvalue weighted by Gasteiger charge is -2.34. The van der Waals surface area contributed by atoms with E-state index in [9.17, 15) is 8.42 Å². The number of aryl methyl sites for hydroxylation is 2. The fourth-order valence-corrected chi connectivity index (χ4v) is 5.80. The molecular formula is C24H29N2O3S+. The maximum atomic E-state index is 13.1. The summed E-state index contributed by atoms with van der Waals surface area (Å²) in [4.78, 5) is 0. The molecule has 2 N–H and O–H groups in total. The first kappa shape index (κ1) is 20.8. The third-order valence-corrected chi connectivity index (χ3v) is 8.20. The van der Waals surface area contributed by atoms with Crippen LogP contribution in [0.5, 0.6) is 11.5 Å². The standard InChI is InChI=1S/C24H29N2O3S/c1-2-30(27,28)26(15-5-6-19(17-25)18-26)22-10-13-23(14-11-22)29-24-12-9-20-7-3-4-8-21(20)16-24/h5-6,9-14,16,18H,2-4,7-8,15,17,25H2,1H3/q+1. The Bertz CT molecular complexity index is 1090. The van der Waals surface area contributed by atoms with Crippen LogP contribution >= 0.6 is 0 Å². The maximum Gasteiger partial charge on any atom is 0.306 e. The van der Waals surface area contributed by atoms with Crippen LogP contribution in [0, 0.1) is 0 Å². The first-order chi connectivity index (χ1) is 14.5. The zero-order valence-corrected chi connectivity index (χ0v) is 18.2. The molecule has 4 rings (SSSR count). The molecule has 30 heavy (non-hydrogen) atoms. The summed E-state index contributed by atoms with van der Waals surface area (Å²) in [6, 6.07) is 13.7. The molecule has 0 amide bonds. The van der Waals surface area contributed by atoms with E-state index in [0.29, 0.717) is 24.5 Å². The monoisotopic (exact) mass is 425 g/mol. The molecule has 1 unspecified atom stereocenters. The van der Waals surface area contributed by atoms with Gasteiger partial charge in [-0.3, -0.25) is 0 Å². The van der Waals surface area contributed by atoms with E-state index in [1.165, 1.54) is 24.0 Å². The molecule has 0 bridgehead atoms. The van der Waals surface area contributed by atoms with Crippen LogP contribution < -0.4 is 14.4 Å². The van der Waals surface area contributed by atoms with Crippen LogP contribution in [0.15, 0.2) is 66.4 Å². The van der Waals surface area contributed by atoms with Gasteiger partial charge in [-0.2, -0.15) is 12.3 Å². The van der Waals surface area contributed by atoms with E-state index in [0.717, 1.165) is 24.2 Å². The molecule has 0 saturated heterocycles. The van der Waals surface area contributed by atoms with Gasteiger partial charge in [0.2, 0.25) is 0 Å². The molecule has 1 atom stereocenters. The number of hydrogen-bond donors (Lipinski definition) is 1. The van der Waals surface area contributed by atoms with Gasteiger partial charge in [-0.25, -0.2) is 0 Å². The van der Waals surface area contributed by atoms with Crippen molar-refractivity contribution in [3.8, 4) is 11.5 Å². The molecule has 0 saturated carbocycles. The Hall–Kier alpha value is -2.41. The summed E-state index contributed by atoms with van der Waals surface area (Å²) in [5, 5.41) is 0. The van der Waals surface area contributed by atoms with Crippen LogP contribution in [-0.2, 0) is 22.9 Å². The van der Waals surface area contributed by atoms with E-state index < -0.39 is 10.0 Å². The van der Waals surface area contributed by atoms with E-state index in [4.69, 9.17) is 10.5 Å². The molecule has 0 aromatic heterocycles. The molecule has 0 spiro atoms. The number of quaternary nitrogens is 1. The largest absolute Gasteiger partial charge is 0.457 e. The topological polar surface area (TPSA) is 69.4 Å². The summed E-state index contributed by atoms with van der Waals surface area (Å²) in [5.74, 6) is 1.56. The summed E-state index contributed by atoms with van der Waals surface area (Å²) >= 11 is 0. The lowest BCUT2D eigenvalue weighted by Crippen LogP contribution is -2.51. The Labute approximate surface area is 179 Å². The van der Waals surface area contributed by atoms with Crippen LogP contribution in [0.3, 0.4) is 0 Å². The van der Waals surface area contributed by atoms with Gasteiger partial charge in [-0.05, 0) is 74.1 Å². The molecule has 2 aromatic rings. The second-order valence-corrected chi connectivity index (χ2v) is 10.3. The number of fused-ring (bicyclic) bond motifs is 1. The van der Waals surface area contributed by atoms with Gasteiger partial charge < -0.3 is 10.5 Å². The number of rotatable bonds is 6. The second-order valence-electron chi connectivity index (χ2n) is 7.89. The third kappa shape index (κ3) is 3.83. The average molecular weight is 426 g/mol. The van der Waals surface area contributed by atoms with Crippen molar-refractivity contribution in [1.82, 2.24) is 3.89 Å². The Morgan fingerprint density at radius 3 is 2.40 bits per heavy atom. The molecule has 0 fully saturated rings. The molecule has 1 aliphatic carbocycles. The second kappa shape index (κ2) is 8.38. The normalized spacial score (nSPS) is 21.1. The number of benzene rings is 2. The van der Waals surface area contributed by atoms with Crippen LogP contribution in [0.4, 0.5) is 5.69 Å². The molecule has 1 heterocycles. The first-order valence-electron chi connectivity index (χ1n) is 10.6. The summed E-state index contributed by atoms with van der Waals surface area (Å²) < 4.78 is 32.0. The van der Waals surface area contributed by atoms with Gasteiger partial charge in [-0.15, -0.1) is 0 Å². The lowest BCUT2D eigenvalue weighted by molar-refractivity contribution is 0.479. The zero-order valence-electron chi connectivity index (χ0n) is 17.4. The van der Waals surface area contributed by atoms with Crippen molar-refractivity contribution in [3.63, 3.8) is 0 Å².